The largest absolute Gasteiger partial charge is 0.381 e. The lowest BCUT2D eigenvalue weighted by Crippen LogP contribution is -2.17. The van der Waals surface area contributed by atoms with Crippen molar-refractivity contribution in [3.05, 3.63) is 0 Å². The molecule has 0 aliphatic carbocycles. The Labute approximate surface area is 102 Å². The van der Waals surface area contributed by atoms with Gasteiger partial charge in [0.1, 0.15) is 0 Å². The fourth-order valence-corrected chi connectivity index (χ4v) is 1.88. The quantitative estimate of drug-likeness (QED) is 0.631. The summed E-state index contributed by atoms with van der Waals surface area (Å²) >= 11 is 0. The summed E-state index contributed by atoms with van der Waals surface area (Å²) < 4.78 is 5.53. The molecule has 0 saturated heterocycles. The molecule has 16 heavy (non-hydrogen) atoms. The molecule has 0 saturated carbocycles. The molecule has 0 spiro atoms. The number of hydrogen-bond acceptors (Lipinski definition) is 2. The summed E-state index contributed by atoms with van der Waals surface area (Å²) in [5.74, 6) is 0. The molecule has 0 fully saturated rings. The summed E-state index contributed by atoms with van der Waals surface area (Å²) in [5, 5.41) is 0. The summed E-state index contributed by atoms with van der Waals surface area (Å²) in [5.41, 5.74) is 0.460. The molecule has 2 nitrogen and oxygen atoms in total. The first-order valence-electron chi connectivity index (χ1n) is 6.52. The summed E-state index contributed by atoms with van der Waals surface area (Å²) in [6.45, 7) is 8.09. The molecule has 98 valence electrons. The van der Waals surface area contributed by atoms with Gasteiger partial charge in [-0.25, -0.2) is 0 Å². The van der Waals surface area contributed by atoms with E-state index in [2.05, 4.69) is 39.8 Å². The highest BCUT2D eigenvalue weighted by Crippen LogP contribution is 2.23. The average Bonchev–Trinajstić information content (AvgIpc) is 2.13. The topological polar surface area (TPSA) is 12.5 Å². The molecule has 0 aromatic heterocycles. The molecule has 0 unspecified atom stereocenters. The second kappa shape index (κ2) is 8.08. The zero-order valence-electron chi connectivity index (χ0n) is 12.2. The van der Waals surface area contributed by atoms with Crippen LogP contribution >= 0.6 is 0 Å². The van der Waals surface area contributed by atoms with E-state index >= 15 is 0 Å². The van der Waals surface area contributed by atoms with Gasteiger partial charge in [0.2, 0.25) is 0 Å². The molecule has 0 rings (SSSR count). The Morgan fingerprint density at radius 3 is 2.06 bits per heavy atom. The number of nitrogens with zero attached hydrogens (tertiary/aromatic N) is 1. The SMILES string of the molecule is CO[C@H](CCCN(C)C)CCCC(C)(C)C. The summed E-state index contributed by atoms with van der Waals surface area (Å²) in [6.07, 6.45) is 6.67. The van der Waals surface area contributed by atoms with Gasteiger partial charge in [0.05, 0.1) is 6.10 Å². The summed E-state index contributed by atoms with van der Waals surface area (Å²) in [6, 6.07) is 0. The molecule has 0 aromatic carbocycles. The second-order valence-corrected chi connectivity index (χ2v) is 6.26. The Kier molecular flexibility index (Phi) is 8.04. The number of hydrogen-bond donors (Lipinski definition) is 0. The molecule has 0 aliphatic rings. The monoisotopic (exact) mass is 229 g/mol. The average molecular weight is 229 g/mol. The predicted octanol–water partition coefficient (Wildman–Crippen LogP) is 3.56. The maximum Gasteiger partial charge on any atom is 0.0571 e. The van der Waals surface area contributed by atoms with Gasteiger partial charge in [0, 0.05) is 7.11 Å². The molecule has 0 aromatic rings. The van der Waals surface area contributed by atoms with Gasteiger partial charge in [0.25, 0.3) is 0 Å². The third-order valence-electron chi connectivity index (χ3n) is 2.92. The lowest BCUT2D eigenvalue weighted by molar-refractivity contribution is 0.0797. The maximum absolute atomic E-state index is 5.53. The van der Waals surface area contributed by atoms with Crippen molar-refractivity contribution in [2.24, 2.45) is 5.41 Å². The molecule has 0 heterocycles. The summed E-state index contributed by atoms with van der Waals surface area (Å²) in [7, 11) is 6.10. The third-order valence-corrected chi connectivity index (χ3v) is 2.92. The predicted molar refractivity (Wildman–Crippen MR) is 71.9 cm³/mol. The maximum atomic E-state index is 5.53. The van der Waals surface area contributed by atoms with E-state index in [1.165, 1.54) is 38.6 Å². The van der Waals surface area contributed by atoms with Gasteiger partial charge in [0.15, 0.2) is 0 Å². The minimum absolute atomic E-state index is 0.460. The van der Waals surface area contributed by atoms with E-state index in [9.17, 15) is 0 Å². The van der Waals surface area contributed by atoms with E-state index in [0.29, 0.717) is 11.5 Å². The van der Waals surface area contributed by atoms with Crippen LogP contribution in [0.3, 0.4) is 0 Å². The van der Waals surface area contributed by atoms with E-state index in [4.69, 9.17) is 4.74 Å². The number of methoxy groups -OCH3 is 1. The van der Waals surface area contributed by atoms with Crippen LogP contribution in [-0.4, -0.2) is 38.8 Å². The van der Waals surface area contributed by atoms with Crippen molar-refractivity contribution in [1.29, 1.82) is 0 Å². The Hall–Kier alpha value is -0.0800. The van der Waals surface area contributed by atoms with Crippen molar-refractivity contribution in [3.8, 4) is 0 Å². The van der Waals surface area contributed by atoms with Crippen molar-refractivity contribution in [1.82, 2.24) is 4.90 Å². The van der Waals surface area contributed by atoms with Gasteiger partial charge in [-0.15, -0.1) is 0 Å². The molecule has 2 heteroatoms. The van der Waals surface area contributed by atoms with Crippen LogP contribution in [0.15, 0.2) is 0 Å². The number of rotatable bonds is 8. The van der Waals surface area contributed by atoms with Crippen molar-refractivity contribution in [2.75, 3.05) is 27.7 Å². The highest BCUT2D eigenvalue weighted by molar-refractivity contribution is 4.65. The van der Waals surface area contributed by atoms with Gasteiger partial charge < -0.3 is 9.64 Å². The highest BCUT2D eigenvalue weighted by atomic mass is 16.5. The van der Waals surface area contributed by atoms with Crippen LogP contribution in [0.5, 0.6) is 0 Å². The van der Waals surface area contributed by atoms with E-state index in [1.807, 2.05) is 7.11 Å². The van der Waals surface area contributed by atoms with Crippen molar-refractivity contribution < 1.29 is 4.74 Å². The van der Waals surface area contributed by atoms with E-state index in [1.54, 1.807) is 0 Å². The normalized spacial score (nSPS) is 14.4. The lowest BCUT2D eigenvalue weighted by Gasteiger charge is -2.21. The highest BCUT2D eigenvalue weighted by Gasteiger charge is 2.12. The first-order chi connectivity index (χ1) is 7.35. The van der Waals surface area contributed by atoms with Gasteiger partial charge in [-0.1, -0.05) is 27.2 Å². The minimum Gasteiger partial charge on any atom is -0.381 e. The Morgan fingerprint density at radius 2 is 1.62 bits per heavy atom. The molecule has 0 bridgehead atoms. The van der Waals surface area contributed by atoms with E-state index in [0.717, 1.165) is 0 Å². The van der Waals surface area contributed by atoms with E-state index < -0.39 is 0 Å². The Bertz CT molecular complexity index is 161. The molecular formula is C14H31NO. The fraction of sp³-hybridized carbons (Fsp3) is 1.00. The third kappa shape index (κ3) is 10.4. The Morgan fingerprint density at radius 1 is 1.06 bits per heavy atom. The molecular weight excluding hydrogens is 198 g/mol. The molecule has 0 N–H and O–H groups in total. The van der Waals surface area contributed by atoms with Crippen LogP contribution in [0.4, 0.5) is 0 Å². The lowest BCUT2D eigenvalue weighted by atomic mass is 9.89. The zero-order valence-corrected chi connectivity index (χ0v) is 12.2. The molecule has 0 radical (unpaired) electrons. The van der Waals surface area contributed by atoms with Gasteiger partial charge in [-0.05, 0) is 51.7 Å². The molecule has 1 atom stereocenters. The van der Waals surface area contributed by atoms with Crippen LogP contribution in [-0.2, 0) is 4.74 Å². The summed E-state index contributed by atoms with van der Waals surface area (Å²) in [4.78, 5) is 2.24. The van der Waals surface area contributed by atoms with E-state index in [-0.39, 0.29) is 0 Å². The van der Waals surface area contributed by atoms with Gasteiger partial charge >= 0.3 is 0 Å². The molecule has 0 aliphatic heterocycles. The molecule has 0 amide bonds. The fourth-order valence-electron chi connectivity index (χ4n) is 1.88. The smallest absolute Gasteiger partial charge is 0.0571 e. The van der Waals surface area contributed by atoms with Crippen LogP contribution in [0.1, 0.15) is 52.9 Å². The first kappa shape index (κ1) is 15.9. The van der Waals surface area contributed by atoms with Gasteiger partial charge in [-0.3, -0.25) is 0 Å². The second-order valence-electron chi connectivity index (χ2n) is 6.26. The van der Waals surface area contributed by atoms with Crippen molar-refractivity contribution in [2.45, 2.75) is 59.0 Å². The van der Waals surface area contributed by atoms with Crippen molar-refractivity contribution in [3.63, 3.8) is 0 Å². The minimum atomic E-state index is 0.460. The van der Waals surface area contributed by atoms with Crippen LogP contribution in [0, 0.1) is 5.41 Å². The van der Waals surface area contributed by atoms with Crippen LogP contribution < -0.4 is 0 Å². The van der Waals surface area contributed by atoms with Crippen LogP contribution in [0.25, 0.3) is 0 Å². The number of ether oxygens (including phenoxy) is 1. The van der Waals surface area contributed by atoms with Crippen LogP contribution in [0.2, 0.25) is 0 Å². The standard InChI is InChI=1S/C14H31NO/c1-14(2,3)11-7-9-13(16-6)10-8-12-15(4)5/h13H,7-12H2,1-6H3/t13-/m0/s1. The van der Waals surface area contributed by atoms with Gasteiger partial charge in [-0.2, -0.15) is 0 Å². The zero-order chi connectivity index (χ0) is 12.6. The van der Waals surface area contributed by atoms with Crippen molar-refractivity contribution >= 4 is 0 Å². The Balaban J connectivity index is 3.59. The first-order valence-corrected chi connectivity index (χ1v) is 6.52.